The van der Waals surface area contributed by atoms with Crippen molar-refractivity contribution in [3.8, 4) is 0 Å². The van der Waals surface area contributed by atoms with E-state index in [1.807, 2.05) is 48.5 Å². The second-order valence-electron chi connectivity index (χ2n) is 10.4. The van der Waals surface area contributed by atoms with Crippen LogP contribution in [0, 0.1) is 5.92 Å². The summed E-state index contributed by atoms with van der Waals surface area (Å²) in [5.41, 5.74) is -0.930. The minimum absolute atomic E-state index is 0.0140. The first kappa shape index (κ1) is 28.6. The number of esters is 1. The van der Waals surface area contributed by atoms with Crippen molar-refractivity contribution in [1.82, 2.24) is 15.5 Å². The van der Waals surface area contributed by atoms with Crippen molar-refractivity contribution in [3.63, 3.8) is 0 Å². The topological polar surface area (TPSA) is 97.5 Å². The number of nitrogens with zero attached hydrogens (tertiary/aromatic N) is 2. The average Bonchev–Trinajstić information content (AvgIpc) is 3.22. The van der Waals surface area contributed by atoms with Crippen molar-refractivity contribution in [2.24, 2.45) is 5.92 Å². The minimum Gasteiger partial charge on any atom is -0.460 e. The predicted octanol–water partition coefficient (Wildman–Crippen LogP) is 5.52. The summed E-state index contributed by atoms with van der Waals surface area (Å²) in [5, 5.41) is 16.7. The van der Waals surface area contributed by atoms with Crippen LogP contribution in [0.25, 0.3) is 0 Å². The molecule has 1 aromatic rings. The van der Waals surface area contributed by atoms with Gasteiger partial charge in [0.25, 0.3) is 0 Å². The molecular weight excluding hydrogens is 406 g/mol. The Morgan fingerprint density at radius 2 is 1.84 bits per heavy atom. The zero-order chi connectivity index (χ0) is 24.2. The Morgan fingerprint density at radius 1 is 1.19 bits per heavy atom. The molecule has 0 amide bonds. The Morgan fingerprint density at radius 3 is 2.44 bits per heavy atom. The summed E-state index contributed by atoms with van der Waals surface area (Å²) in [7, 11) is 0. The summed E-state index contributed by atoms with van der Waals surface area (Å²) in [4.78, 5) is 17.0. The summed E-state index contributed by atoms with van der Waals surface area (Å²) >= 11 is 0. The monoisotopic (exact) mass is 453 g/mol. The third-order valence-electron chi connectivity index (χ3n) is 5.68. The van der Waals surface area contributed by atoms with Gasteiger partial charge in [-0.25, -0.2) is 0 Å². The van der Waals surface area contributed by atoms with Crippen molar-refractivity contribution in [1.29, 1.82) is 0 Å². The van der Waals surface area contributed by atoms with Gasteiger partial charge in [-0.2, -0.15) is 4.98 Å². The fourth-order valence-corrected chi connectivity index (χ4v) is 3.91. The lowest BCUT2D eigenvalue weighted by Crippen LogP contribution is -2.42. The fraction of sp³-hybridized carbons (Fsp3) is 0.880. The average molecular weight is 454 g/mol. The van der Waals surface area contributed by atoms with Crippen molar-refractivity contribution in [2.75, 3.05) is 6.61 Å². The molecule has 2 rings (SSSR count). The SMILES string of the molecule is CC.CC(C)(CO)NCc1noc([C@H](CCCC2CCCCC2)CC(=O)OC(C)(C)C)n1. The largest absolute Gasteiger partial charge is 0.460 e. The summed E-state index contributed by atoms with van der Waals surface area (Å²) in [6.45, 7) is 13.9. The van der Waals surface area contributed by atoms with Gasteiger partial charge in [0.1, 0.15) is 5.60 Å². The first-order valence-corrected chi connectivity index (χ1v) is 12.5. The van der Waals surface area contributed by atoms with E-state index in [2.05, 4.69) is 15.5 Å². The summed E-state index contributed by atoms with van der Waals surface area (Å²) in [6, 6.07) is 0. The van der Waals surface area contributed by atoms with E-state index in [-0.39, 0.29) is 24.9 Å². The van der Waals surface area contributed by atoms with Crippen LogP contribution in [0.1, 0.15) is 124 Å². The quantitative estimate of drug-likeness (QED) is 0.426. The van der Waals surface area contributed by atoms with Crippen LogP contribution in [0.5, 0.6) is 0 Å². The van der Waals surface area contributed by atoms with Crippen LogP contribution < -0.4 is 5.32 Å². The molecule has 1 aliphatic carbocycles. The van der Waals surface area contributed by atoms with Gasteiger partial charge in [-0.15, -0.1) is 0 Å². The number of nitrogens with one attached hydrogen (secondary N) is 1. The third kappa shape index (κ3) is 11.4. The van der Waals surface area contributed by atoms with E-state index >= 15 is 0 Å². The number of carbonyl (C=O) groups is 1. The lowest BCUT2D eigenvalue weighted by atomic mass is 9.84. The van der Waals surface area contributed by atoms with Gasteiger partial charge in [0.2, 0.25) is 5.89 Å². The second kappa shape index (κ2) is 13.9. The zero-order valence-electron chi connectivity index (χ0n) is 21.5. The number of carbonyl (C=O) groups excluding carboxylic acids is 1. The Kier molecular flexibility index (Phi) is 12.4. The van der Waals surface area contributed by atoms with Gasteiger partial charge >= 0.3 is 5.97 Å². The molecule has 0 saturated heterocycles. The maximum absolute atomic E-state index is 12.5. The van der Waals surface area contributed by atoms with Gasteiger partial charge in [-0.05, 0) is 47.0 Å². The molecule has 0 bridgehead atoms. The summed E-state index contributed by atoms with van der Waals surface area (Å²) < 4.78 is 11.1. The number of aliphatic hydroxyl groups is 1. The number of hydrogen-bond donors (Lipinski definition) is 2. The number of aromatic nitrogens is 2. The van der Waals surface area contributed by atoms with Crippen LogP contribution in [-0.4, -0.2) is 39.0 Å². The molecule has 186 valence electrons. The van der Waals surface area contributed by atoms with Crippen molar-refractivity contribution >= 4 is 5.97 Å². The number of hydrogen-bond acceptors (Lipinski definition) is 7. The number of aliphatic hydroxyl groups excluding tert-OH is 1. The first-order valence-electron chi connectivity index (χ1n) is 12.5. The van der Waals surface area contributed by atoms with E-state index in [0.29, 0.717) is 18.3 Å². The van der Waals surface area contributed by atoms with Gasteiger partial charge in [0.15, 0.2) is 5.82 Å². The molecule has 0 spiro atoms. The highest BCUT2D eigenvalue weighted by atomic mass is 16.6. The molecule has 0 radical (unpaired) electrons. The molecule has 1 atom stereocenters. The maximum atomic E-state index is 12.5. The van der Waals surface area contributed by atoms with Crippen LogP contribution in [0.15, 0.2) is 4.52 Å². The Hall–Kier alpha value is -1.47. The molecule has 7 heteroatoms. The number of ether oxygens (including phenoxy) is 1. The van der Waals surface area contributed by atoms with Crippen molar-refractivity contribution < 1.29 is 19.2 Å². The van der Waals surface area contributed by atoms with Gasteiger partial charge in [-0.1, -0.05) is 63.9 Å². The van der Waals surface area contributed by atoms with Crippen LogP contribution >= 0.6 is 0 Å². The highest BCUT2D eigenvalue weighted by Crippen LogP contribution is 2.31. The fourth-order valence-electron chi connectivity index (χ4n) is 3.91. The highest BCUT2D eigenvalue weighted by Gasteiger charge is 2.26. The summed E-state index contributed by atoms with van der Waals surface area (Å²) in [5.74, 6) is 1.49. The molecule has 1 aliphatic rings. The van der Waals surface area contributed by atoms with E-state index in [9.17, 15) is 9.90 Å². The van der Waals surface area contributed by atoms with E-state index in [4.69, 9.17) is 9.26 Å². The standard InChI is InChI=1S/C23H41N3O4.C2H6/c1-22(2,3)29-20(28)14-18(13-9-12-17-10-7-6-8-11-17)21-25-19(26-30-21)15-24-23(4,5)16-27;1-2/h17-18,24,27H,6-16H2,1-5H3;1-2H3/t18-;/m1./s1. The van der Waals surface area contributed by atoms with Gasteiger partial charge in [0, 0.05) is 11.5 Å². The molecule has 1 aromatic heterocycles. The molecule has 1 heterocycles. The highest BCUT2D eigenvalue weighted by molar-refractivity contribution is 5.70. The van der Waals surface area contributed by atoms with Crippen LogP contribution in [0.3, 0.4) is 0 Å². The first-order chi connectivity index (χ1) is 15.1. The van der Waals surface area contributed by atoms with Crippen LogP contribution in [-0.2, 0) is 16.1 Å². The van der Waals surface area contributed by atoms with Crippen molar-refractivity contribution in [2.45, 2.75) is 130 Å². The van der Waals surface area contributed by atoms with Gasteiger partial charge in [0.05, 0.1) is 19.6 Å². The Bertz CT molecular complexity index is 646. The second-order valence-corrected chi connectivity index (χ2v) is 10.4. The van der Waals surface area contributed by atoms with Gasteiger partial charge in [-0.3, -0.25) is 4.79 Å². The smallest absolute Gasteiger partial charge is 0.307 e. The number of rotatable bonds is 11. The Balaban J connectivity index is 0.00000249. The van der Waals surface area contributed by atoms with Crippen molar-refractivity contribution in [3.05, 3.63) is 11.7 Å². The molecule has 2 N–H and O–H groups in total. The van der Waals surface area contributed by atoms with E-state index in [0.717, 1.165) is 18.8 Å². The molecule has 1 fully saturated rings. The Labute approximate surface area is 195 Å². The molecule has 7 nitrogen and oxygen atoms in total. The molecular formula is C25H47N3O4. The van der Waals surface area contributed by atoms with E-state index in [1.165, 1.54) is 38.5 Å². The van der Waals surface area contributed by atoms with E-state index < -0.39 is 11.1 Å². The lowest BCUT2D eigenvalue weighted by molar-refractivity contribution is -0.155. The molecule has 0 unspecified atom stereocenters. The zero-order valence-corrected chi connectivity index (χ0v) is 21.5. The predicted molar refractivity (Wildman–Crippen MR) is 127 cm³/mol. The van der Waals surface area contributed by atoms with Gasteiger partial charge < -0.3 is 19.7 Å². The van der Waals surface area contributed by atoms with Crippen LogP contribution in [0.4, 0.5) is 0 Å². The maximum Gasteiger partial charge on any atom is 0.307 e. The third-order valence-corrected chi connectivity index (χ3v) is 5.68. The summed E-state index contributed by atoms with van der Waals surface area (Å²) in [6.07, 6.45) is 10.0. The lowest BCUT2D eigenvalue weighted by Gasteiger charge is -2.23. The van der Waals surface area contributed by atoms with E-state index in [1.54, 1.807) is 0 Å². The normalized spacial score (nSPS) is 16.2. The molecule has 1 saturated carbocycles. The minimum atomic E-state index is -0.510. The molecule has 0 aromatic carbocycles. The molecule has 0 aliphatic heterocycles. The van der Waals surface area contributed by atoms with Crippen LogP contribution in [0.2, 0.25) is 0 Å². The molecule has 32 heavy (non-hydrogen) atoms.